The number of hydrogen-bond donors (Lipinski definition) is 2. The van der Waals surface area contributed by atoms with Crippen molar-refractivity contribution < 1.29 is 14.7 Å². The standard InChI is InChI=1S/C10H17NO3/c1-2-8(10(13)14)5-7-3-4-11-9(12)6-7/h7-8H,2-6H2,1H3,(H,11,12)(H,13,14). The molecule has 2 atom stereocenters. The first-order valence-electron chi connectivity index (χ1n) is 5.13. The summed E-state index contributed by atoms with van der Waals surface area (Å²) in [6, 6.07) is 0. The van der Waals surface area contributed by atoms with Gasteiger partial charge in [0.25, 0.3) is 0 Å². The molecule has 0 radical (unpaired) electrons. The maximum Gasteiger partial charge on any atom is 0.306 e. The Morgan fingerprint density at radius 2 is 2.43 bits per heavy atom. The summed E-state index contributed by atoms with van der Waals surface area (Å²) in [6.07, 6.45) is 2.69. The second-order valence-electron chi connectivity index (χ2n) is 3.89. The summed E-state index contributed by atoms with van der Waals surface area (Å²) in [4.78, 5) is 21.8. The molecular weight excluding hydrogens is 182 g/mol. The van der Waals surface area contributed by atoms with Gasteiger partial charge >= 0.3 is 5.97 Å². The van der Waals surface area contributed by atoms with Crippen LogP contribution in [0.15, 0.2) is 0 Å². The molecule has 0 aromatic carbocycles. The number of hydrogen-bond acceptors (Lipinski definition) is 2. The maximum atomic E-state index is 11.1. The van der Waals surface area contributed by atoms with Crippen LogP contribution in [0.3, 0.4) is 0 Å². The second-order valence-corrected chi connectivity index (χ2v) is 3.89. The number of rotatable bonds is 4. The van der Waals surface area contributed by atoms with E-state index >= 15 is 0 Å². The molecular formula is C10H17NO3. The van der Waals surface area contributed by atoms with E-state index in [1.54, 1.807) is 0 Å². The van der Waals surface area contributed by atoms with E-state index in [2.05, 4.69) is 5.32 Å². The molecule has 1 aliphatic rings. The minimum absolute atomic E-state index is 0.0569. The van der Waals surface area contributed by atoms with Gasteiger partial charge in [0.15, 0.2) is 0 Å². The van der Waals surface area contributed by atoms with E-state index in [0.717, 1.165) is 6.42 Å². The Hall–Kier alpha value is -1.06. The number of carbonyl (C=O) groups excluding carboxylic acids is 1. The van der Waals surface area contributed by atoms with Gasteiger partial charge in [0.2, 0.25) is 5.91 Å². The molecule has 4 heteroatoms. The zero-order chi connectivity index (χ0) is 10.6. The van der Waals surface area contributed by atoms with Crippen molar-refractivity contribution in [3.05, 3.63) is 0 Å². The van der Waals surface area contributed by atoms with Crippen LogP contribution < -0.4 is 5.32 Å². The highest BCUT2D eigenvalue weighted by Crippen LogP contribution is 2.23. The zero-order valence-corrected chi connectivity index (χ0v) is 8.45. The molecule has 1 fully saturated rings. The monoisotopic (exact) mass is 199 g/mol. The molecule has 0 spiro atoms. The van der Waals surface area contributed by atoms with Gasteiger partial charge < -0.3 is 10.4 Å². The Morgan fingerprint density at radius 3 is 2.93 bits per heavy atom. The van der Waals surface area contributed by atoms with Crippen molar-refractivity contribution in [2.45, 2.75) is 32.6 Å². The maximum absolute atomic E-state index is 11.1. The van der Waals surface area contributed by atoms with Gasteiger partial charge in [0.1, 0.15) is 0 Å². The average Bonchev–Trinajstić information content (AvgIpc) is 2.14. The van der Waals surface area contributed by atoms with Crippen molar-refractivity contribution in [3.8, 4) is 0 Å². The van der Waals surface area contributed by atoms with E-state index < -0.39 is 5.97 Å². The lowest BCUT2D eigenvalue weighted by Crippen LogP contribution is -2.34. The van der Waals surface area contributed by atoms with Crippen molar-refractivity contribution in [1.82, 2.24) is 5.32 Å². The third-order valence-corrected chi connectivity index (χ3v) is 2.81. The van der Waals surface area contributed by atoms with Crippen LogP contribution >= 0.6 is 0 Å². The summed E-state index contributed by atoms with van der Waals surface area (Å²) in [5.41, 5.74) is 0. The molecule has 1 rings (SSSR count). The van der Waals surface area contributed by atoms with Crippen LogP contribution in [0.5, 0.6) is 0 Å². The Bertz CT molecular complexity index is 227. The van der Waals surface area contributed by atoms with Gasteiger partial charge in [-0.2, -0.15) is 0 Å². The number of nitrogens with one attached hydrogen (secondary N) is 1. The van der Waals surface area contributed by atoms with Gasteiger partial charge in [0, 0.05) is 13.0 Å². The van der Waals surface area contributed by atoms with Crippen LogP contribution in [-0.2, 0) is 9.59 Å². The SMILES string of the molecule is CCC(CC1CCNC(=O)C1)C(=O)O. The quantitative estimate of drug-likeness (QED) is 0.710. The number of carboxylic acids is 1. The first kappa shape index (κ1) is 11.0. The van der Waals surface area contributed by atoms with E-state index in [1.807, 2.05) is 6.92 Å². The molecule has 1 heterocycles. The highest BCUT2D eigenvalue weighted by atomic mass is 16.4. The predicted octanol–water partition coefficient (Wildman–Crippen LogP) is 1.01. The van der Waals surface area contributed by atoms with Crippen molar-refractivity contribution in [2.75, 3.05) is 6.54 Å². The molecule has 1 saturated heterocycles. The first-order valence-corrected chi connectivity index (χ1v) is 5.13. The fraction of sp³-hybridized carbons (Fsp3) is 0.800. The summed E-state index contributed by atoms with van der Waals surface area (Å²) in [5.74, 6) is -0.712. The highest BCUT2D eigenvalue weighted by Gasteiger charge is 2.25. The largest absolute Gasteiger partial charge is 0.481 e. The molecule has 4 nitrogen and oxygen atoms in total. The van der Waals surface area contributed by atoms with Crippen LogP contribution in [0.2, 0.25) is 0 Å². The summed E-state index contributed by atoms with van der Waals surface area (Å²) < 4.78 is 0. The van der Waals surface area contributed by atoms with Gasteiger partial charge in [-0.15, -0.1) is 0 Å². The van der Waals surface area contributed by atoms with Crippen LogP contribution in [0, 0.1) is 11.8 Å². The molecule has 1 aliphatic heterocycles. The summed E-state index contributed by atoms with van der Waals surface area (Å²) in [7, 11) is 0. The molecule has 2 unspecified atom stereocenters. The fourth-order valence-electron chi connectivity index (χ4n) is 1.90. The fourth-order valence-corrected chi connectivity index (χ4v) is 1.90. The number of carboxylic acid groups (broad SMARTS) is 1. The Labute approximate surface area is 83.7 Å². The summed E-state index contributed by atoms with van der Waals surface area (Å²) in [5, 5.41) is 11.6. The van der Waals surface area contributed by atoms with Crippen molar-refractivity contribution in [2.24, 2.45) is 11.8 Å². The van der Waals surface area contributed by atoms with Gasteiger partial charge in [-0.05, 0) is 25.2 Å². The number of piperidine rings is 1. The molecule has 0 bridgehead atoms. The normalized spacial score (nSPS) is 24.1. The van der Waals surface area contributed by atoms with Gasteiger partial charge in [0.05, 0.1) is 5.92 Å². The Kier molecular flexibility index (Phi) is 3.92. The molecule has 0 saturated carbocycles. The summed E-state index contributed by atoms with van der Waals surface area (Å²) in [6.45, 7) is 2.57. The van der Waals surface area contributed by atoms with E-state index in [-0.39, 0.29) is 17.7 Å². The number of carbonyl (C=O) groups is 2. The van der Waals surface area contributed by atoms with Crippen LogP contribution in [0.4, 0.5) is 0 Å². The molecule has 0 aliphatic carbocycles. The van der Waals surface area contributed by atoms with Gasteiger partial charge in [-0.3, -0.25) is 9.59 Å². The lowest BCUT2D eigenvalue weighted by atomic mass is 9.86. The van der Waals surface area contributed by atoms with Crippen molar-refractivity contribution >= 4 is 11.9 Å². The highest BCUT2D eigenvalue weighted by molar-refractivity contribution is 5.77. The predicted molar refractivity (Wildman–Crippen MR) is 51.8 cm³/mol. The van der Waals surface area contributed by atoms with Crippen LogP contribution in [0.25, 0.3) is 0 Å². The van der Waals surface area contributed by atoms with Gasteiger partial charge in [-0.25, -0.2) is 0 Å². The van der Waals surface area contributed by atoms with Gasteiger partial charge in [-0.1, -0.05) is 6.92 Å². The Morgan fingerprint density at radius 1 is 1.71 bits per heavy atom. The molecule has 2 N–H and O–H groups in total. The van der Waals surface area contributed by atoms with Crippen molar-refractivity contribution in [1.29, 1.82) is 0 Å². The smallest absolute Gasteiger partial charge is 0.306 e. The van der Waals surface area contributed by atoms with Crippen molar-refractivity contribution in [3.63, 3.8) is 0 Å². The van der Waals surface area contributed by atoms with E-state index in [9.17, 15) is 9.59 Å². The molecule has 80 valence electrons. The number of amides is 1. The molecule has 14 heavy (non-hydrogen) atoms. The molecule has 0 aromatic rings. The van der Waals surface area contributed by atoms with Crippen LogP contribution in [0.1, 0.15) is 32.6 Å². The van der Waals surface area contributed by atoms with E-state index in [0.29, 0.717) is 25.8 Å². The lowest BCUT2D eigenvalue weighted by Gasteiger charge is -2.24. The minimum Gasteiger partial charge on any atom is -0.481 e. The van der Waals surface area contributed by atoms with E-state index in [1.165, 1.54) is 0 Å². The average molecular weight is 199 g/mol. The summed E-state index contributed by atoms with van der Waals surface area (Å²) >= 11 is 0. The topological polar surface area (TPSA) is 66.4 Å². The Balaban J connectivity index is 2.41. The second kappa shape index (κ2) is 4.98. The molecule has 1 amide bonds. The minimum atomic E-state index is -0.738. The third-order valence-electron chi connectivity index (χ3n) is 2.81. The molecule has 0 aromatic heterocycles. The number of aliphatic carboxylic acids is 1. The zero-order valence-electron chi connectivity index (χ0n) is 8.45. The van der Waals surface area contributed by atoms with Crippen LogP contribution in [-0.4, -0.2) is 23.5 Å². The lowest BCUT2D eigenvalue weighted by molar-refractivity contribution is -0.143. The van der Waals surface area contributed by atoms with E-state index in [4.69, 9.17) is 5.11 Å². The third kappa shape index (κ3) is 3.01. The first-order chi connectivity index (χ1) is 6.63.